The fourth-order valence-corrected chi connectivity index (χ4v) is 4.97. The van der Waals surface area contributed by atoms with Gasteiger partial charge in [-0.1, -0.05) is 49.6 Å². The van der Waals surface area contributed by atoms with E-state index in [0.29, 0.717) is 24.7 Å². The van der Waals surface area contributed by atoms with Crippen molar-refractivity contribution in [2.45, 2.75) is 51.0 Å². The molecule has 1 heterocycles. The number of carboxylic acid groups (broad SMARTS) is 1. The van der Waals surface area contributed by atoms with E-state index in [2.05, 4.69) is 36.1 Å². The molecule has 2 aromatic carbocycles. The molecule has 0 aromatic heterocycles. The Kier molecular flexibility index (Phi) is 6.71. The Morgan fingerprint density at radius 2 is 1.55 bits per heavy atom. The van der Waals surface area contributed by atoms with Crippen molar-refractivity contribution in [2.24, 2.45) is 0 Å². The maximum Gasteiger partial charge on any atom is 0.335 e. The predicted molar refractivity (Wildman–Crippen MR) is 122 cm³/mol. The van der Waals surface area contributed by atoms with Gasteiger partial charge in [0.1, 0.15) is 0 Å². The number of carbonyl (C=O) groups is 2. The molecule has 1 amide bonds. The molecular formula is C26H32N2O3. The number of amides is 1. The summed E-state index contributed by atoms with van der Waals surface area (Å²) in [5.74, 6) is -0.373. The van der Waals surface area contributed by atoms with Crippen LogP contribution in [0.5, 0.6) is 0 Å². The summed E-state index contributed by atoms with van der Waals surface area (Å²) in [6.07, 6.45) is 6.73. The Hall–Kier alpha value is -2.66. The minimum absolute atomic E-state index is 0.0905. The highest BCUT2D eigenvalue weighted by molar-refractivity contribution is 5.97. The standard InChI is InChI=1S/C26H32N2O3/c1-19(20-10-12-22(13-11-20)21-6-3-2-4-7-21)27-14-16-28(17-15-27)25(29)23-8-5-9-24(18-23)26(30)31/h5,8-13,18-19,21H,2-4,6-7,14-17H2,1H3,(H,30,31). The molecule has 31 heavy (non-hydrogen) atoms. The second-order valence-electron chi connectivity index (χ2n) is 8.89. The van der Waals surface area contributed by atoms with Crippen LogP contribution in [0, 0.1) is 0 Å². The number of piperazine rings is 1. The number of rotatable bonds is 5. The van der Waals surface area contributed by atoms with Gasteiger partial charge >= 0.3 is 5.97 Å². The molecule has 1 aliphatic heterocycles. The van der Waals surface area contributed by atoms with E-state index in [-0.39, 0.29) is 11.5 Å². The minimum atomic E-state index is -1.01. The van der Waals surface area contributed by atoms with Crippen molar-refractivity contribution >= 4 is 11.9 Å². The van der Waals surface area contributed by atoms with Crippen LogP contribution in [0.2, 0.25) is 0 Å². The van der Waals surface area contributed by atoms with Gasteiger partial charge < -0.3 is 10.0 Å². The summed E-state index contributed by atoms with van der Waals surface area (Å²) >= 11 is 0. The molecule has 164 valence electrons. The zero-order valence-corrected chi connectivity index (χ0v) is 18.3. The molecule has 0 radical (unpaired) electrons. The van der Waals surface area contributed by atoms with Crippen LogP contribution in [-0.4, -0.2) is 53.0 Å². The molecule has 0 spiro atoms. The molecule has 1 saturated heterocycles. The third kappa shape index (κ3) is 4.99. The maximum atomic E-state index is 12.8. The quantitative estimate of drug-likeness (QED) is 0.743. The molecule has 1 aliphatic carbocycles. The Morgan fingerprint density at radius 1 is 0.903 bits per heavy atom. The van der Waals surface area contributed by atoms with Crippen LogP contribution in [0.15, 0.2) is 48.5 Å². The summed E-state index contributed by atoms with van der Waals surface area (Å²) in [4.78, 5) is 28.3. The monoisotopic (exact) mass is 420 g/mol. The summed E-state index contributed by atoms with van der Waals surface area (Å²) in [6, 6.07) is 15.8. The average Bonchev–Trinajstić information content (AvgIpc) is 2.84. The number of carbonyl (C=O) groups excluding carboxylic acids is 1. The predicted octanol–water partition coefficient (Wildman–Crippen LogP) is 4.95. The van der Waals surface area contributed by atoms with Crippen molar-refractivity contribution in [3.63, 3.8) is 0 Å². The largest absolute Gasteiger partial charge is 0.478 e. The first-order valence-corrected chi connectivity index (χ1v) is 11.5. The van der Waals surface area contributed by atoms with Gasteiger partial charge in [-0.3, -0.25) is 9.69 Å². The fraction of sp³-hybridized carbons (Fsp3) is 0.462. The van der Waals surface area contributed by atoms with Crippen LogP contribution >= 0.6 is 0 Å². The highest BCUT2D eigenvalue weighted by Gasteiger charge is 2.26. The lowest BCUT2D eigenvalue weighted by Crippen LogP contribution is -2.49. The van der Waals surface area contributed by atoms with E-state index in [1.54, 1.807) is 12.1 Å². The Labute approximate surface area is 184 Å². The summed E-state index contributed by atoms with van der Waals surface area (Å²) < 4.78 is 0. The van der Waals surface area contributed by atoms with E-state index >= 15 is 0 Å². The van der Waals surface area contributed by atoms with E-state index in [9.17, 15) is 9.59 Å². The van der Waals surface area contributed by atoms with Gasteiger partial charge in [0.2, 0.25) is 0 Å². The fourth-order valence-electron chi connectivity index (χ4n) is 4.97. The number of hydrogen-bond acceptors (Lipinski definition) is 3. The normalized spacial score (nSPS) is 19.2. The zero-order chi connectivity index (χ0) is 21.8. The van der Waals surface area contributed by atoms with Crippen LogP contribution in [0.4, 0.5) is 0 Å². The van der Waals surface area contributed by atoms with Crippen molar-refractivity contribution < 1.29 is 14.7 Å². The van der Waals surface area contributed by atoms with Crippen LogP contribution in [0.25, 0.3) is 0 Å². The van der Waals surface area contributed by atoms with Gasteiger partial charge in [-0.05, 0) is 55.0 Å². The van der Waals surface area contributed by atoms with Crippen LogP contribution in [-0.2, 0) is 0 Å². The lowest BCUT2D eigenvalue weighted by atomic mass is 9.83. The first-order valence-electron chi connectivity index (χ1n) is 11.5. The van der Waals surface area contributed by atoms with E-state index in [0.717, 1.165) is 19.0 Å². The number of benzene rings is 2. The molecule has 0 bridgehead atoms. The van der Waals surface area contributed by atoms with E-state index in [1.807, 2.05) is 4.90 Å². The van der Waals surface area contributed by atoms with Crippen molar-refractivity contribution in [2.75, 3.05) is 26.2 Å². The Morgan fingerprint density at radius 3 is 2.19 bits per heavy atom. The van der Waals surface area contributed by atoms with Gasteiger partial charge in [-0.2, -0.15) is 0 Å². The third-order valence-corrected chi connectivity index (χ3v) is 7.00. The number of aromatic carboxylic acids is 1. The Balaban J connectivity index is 1.34. The van der Waals surface area contributed by atoms with Gasteiger partial charge in [0, 0.05) is 37.8 Å². The number of hydrogen-bond donors (Lipinski definition) is 1. The molecule has 2 aliphatic rings. The second kappa shape index (κ2) is 9.65. The van der Waals surface area contributed by atoms with Gasteiger partial charge in [-0.25, -0.2) is 4.79 Å². The summed E-state index contributed by atoms with van der Waals surface area (Å²) in [7, 11) is 0. The summed E-state index contributed by atoms with van der Waals surface area (Å²) in [5, 5.41) is 9.16. The van der Waals surface area contributed by atoms with Crippen LogP contribution in [0.3, 0.4) is 0 Å². The first-order chi connectivity index (χ1) is 15.0. The molecule has 1 unspecified atom stereocenters. The SMILES string of the molecule is CC(c1ccc(C2CCCCC2)cc1)N1CCN(C(=O)c2cccc(C(=O)O)c2)CC1. The Bertz CT molecular complexity index is 911. The molecule has 1 saturated carbocycles. The van der Waals surface area contributed by atoms with Gasteiger partial charge in [-0.15, -0.1) is 0 Å². The zero-order valence-electron chi connectivity index (χ0n) is 18.3. The van der Waals surface area contributed by atoms with Crippen molar-refractivity contribution in [3.05, 3.63) is 70.8 Å². The smallest absolute Gasteiger partial charge is 0.335 e. The molecule has 1 N–H and O–H groups in total. The minimum Gasteiger partial charge on any atom is -0.478 e. The lowest BCUT2D eigenvalue weighted by Gasteiger charge is -2.38. The molecule has 5 heteroatoms. The maximum absolute atomic E-state index is 12.8. The van der Waals surface area contributed by atoms with Crippen molar-refractivity contribution in [1.29, 1.82) is 0 Å². The van der Waals surface area contributed by atoms with Crippen LogP contribution in [0.1, 0.15) is 82.8 Å². The third-order valence-electron chi connectivity index (χ3n) is 7.00. The molecule has 5 nitrogen and oxygen atoms in total. The number of carboxylic acids is 1. The van der Waals surface area contributed by atoms with Gasteiger partial charge in [0.15, 0.2) is 0 Å². The van der Waals surface area contributed by atoms with Gasteiger partial charge in [0.25, 0.3) is 5.91 Å². The van der Waals surface area contributed by atoms with E-state index < -0.39 is 5.97 Å². The highest BCUT2D eigenvalue weighted by Crippen LogP contribution is 2.33. The molecule has 2 aromatic rings. The summed E-state index contributed by atoms with van der Waals surface area (Å²) in [5.41, 5.74) is 3.40. The first kappa shape index (κ1) is 21.6. The van der Waals surface area contributed by atoms with Gasteiger partial charge in [0.05, 0.1) is 5.56 Å². The molecule has 4 rings (SSSR count). The topological polar surface area (TPSA) is 60.9 Å². The van der Waals surface area contributed by atoms with E-state index in [1.165, 1.54) is 55.4 Å². The van der Waals surface area contributed by atoms with Crippen molar-refractivity contribution in [3.8, 4) is 0 Å². The molecular weight excluding hydrogens is 388 g/mol. The highest BCUT2D eigenvalue weighted by atomic mass is 16.4. The molecule has 1 atom stereocenters. The van der Waals surface area contributed by atoms with Crippen LogP contribution < -0.4 is 0 Å². The number of nitrogens with zero attached hydrogens (tertiary/aromatic N) is 2. The lowest BCUT2D eigenvalue weighted by molar-refractivity contribution is 0.0582. The molecule has 2 fully saturated rings. The van der Waals surface area contributed by atoms with Crippen molar-refractivity contribution in [1.82, 2.24) is 9.80 Å². The summed E-state index contributed by atoms with van der Waals surface area (Å²) in [6.45, 7) is 5.18. The van der Waals surface area contributed by atoms with E-state index in [4.69, 9.17) is 5.11 Å². The second-order valence-corrected chi connectivity index (χ2v) is 8.89. The average molecular weight is 421 g/mol.